The van der Waals surface area contributed by atoms with E-state index in [1.54, 1.807) is 0 Å². The van der Waals surface area contributed by atoms with Crippen LogP contribution in [0.2, 0.25) is 0 Å². The smallest absolute Gasteiger partial charge is 0.160 e. The SMILES string of the molecule is Cn1c2c(c3cc(Nc4ccc(F)c(F)c4)ccc31)CCNCC2. The van der Waals surface area contributed by atoms with Crippen molar-refractivity contribution in [2.75, 3.05) is 18.4 Å². The van der Waals surface area contributed by atoms with E-state index in [4.69, 9.17) is 0 Å². The summed E-state index contributed by atoms with van der Waals surface area (Å²) in [5, 5.41) is 7.82. The van der Waals surface area contributed by atoms with E-state index in [-0.39, 0.29) is 0 Å². The summed E-state index contributed by atoms with van der Waals surface area (Å²) in [5.41, 5.74) is 5.38. The van der Waals surface area contributed by atoms with Gasteiger partial charge in [-0.25, -0.2) is 8.78 Å². The Hall–Kier alpha value is -2.40. The molecular formula is C19H19F2N3. The summed E-state index contributed by atoms with van der Waals surface area (Å²) < 4.78 is 28.7. The number of hydrogen-bond acceptors (Lipinski definition) is 2. The third-order valence-corrected chi connectivity index (χ3v) is 4.73. The van der Waals surface area contributed by atoms with Crippen LogP contribution in [0.1, 0.15) is 11.3 Å². The van der Waals surface area contributed by atoms with Crippen LogP contribution < -0.4 is 10.6 Å². The summed E-state index contributed by atoms with van der Waals surface area (Å²) in [5.74, 6) is -1.68. The topological polar surface area (TPSA) is 29.0 Å². The van der Waals surface area contributed by atoms with Gasteiger partial charge in [0.05, 0.1) is 0 Å². The molecule has 124 valence electrons. The molecule has 0 bridgehead atoms. The molecule has 1 aliphatic rings. The van der Waals surface area contributed by atoms with Crippen molar-refractivity contribution >= 4 is 22.3 Å². The first kappa shape index (κ1) is 15.1. The molecule has 1 aromatic heterocycles. The summed E-state index contributed by atoms with van der Waals surface area (Å²) in [7, 11) is 2.11. The van der Waals surface area contributed by atoms with Crippen LogP contribution in [0.25, 0.3) is 10.9 Å². The lowest BCUT2D eigenvalue weighted by Gasteiger charge is -2.08. The van der Waals surface area contributed by atoms with E-state index < -0.39 is 11.6 Å². The first-order valence-corrected chi connectivity index (χ1v) is 8.16. The Morgan fingerprint density at radius 3 is 2.54 bits per heavy atom. The van der Waals surface area contributed by atoms with Gasteiger partial charge in [0.1, 0.15) is 0 Å². The highest BCUT2D eigenvalue weighted by Crippen LogP contribution is 2.30. The fourth-order valence-corrected chi connectivity index (χ4v) is 3.53. The summed E-state index contributed by atoms with van der Waals surface area (Å²) in [6.45, 7) is 1.98. The lowest BCUT2D eigenvalue weighted by molar-refractivity contribution is 0.509. The van der Waals surface area contributed by atoms with Gasteiger partial charge in [-0.05, 0) is 48.9 Å². The van der Waals surface area contributed by atoms with E-state index in [9.17, 15) is 8.78 Å². The molecular weight excluding hydrogens is 308 g/mol. The number of aromatic nitrogens is 1. The fraction of sp³-hybridized carbons (Fsp3) is 0.263. The number of fused-ring (bicyclic) bond motifs is 3. The Morgan fingerprint density at radius 1 is 0.958 bits per heavy atom. The largest absolute Gasteiger partial charge is 0.355 e. The van der Waals surface area contributed by atoms with Crippen molar-refractivity contribution in [3.05, 3.63) is 59.3 Å². The predicted octanol–water partition coefficient (Wildman–Crippen LogP) is 3.89. The van der Waals surface area contributed by atoms with E-state index in [1.807, 2.05) is 6.07 Å². The minimum atomic E-state index is -0.847. The average Bonchev–Trinajstić information content (AvgIpc) is 2.74. The van der Waals surface area contributed by atoms with Gasteiger partial charge in [0.25, 0.3) is 0 Å². The zero-order valence-corrected chi connectivity index (χ0v) is 13.5. The van der Waals surface area contributed by atoms with Gasteiger partial charge in [0.15, 0.2) is 11.6 Å². The lowest BCUT2D eigenvalue weighted by atomic mass is 10.1. The second kappa shape index (κ2) is 5.91. The fourth-order valence-electron chi connectivity index (χ4n) is 3.53. The zero-order valence-electron chi connectivity index (χ0n) is 13.5. The predicted molar refractivity (Wildman–Crippen MR) is 92.8 cm³/mol. The standard InChI is InChI=1S/C19H19F2N3/c1-24-18-5-3-12(23-13-2-4-16(20)17(21)11-13)10-15(18)14-6-8-22-9-7-19(14)24/h2-5,10-11,22-23H,6-9H2,1H3. The van der Waals surface area contributed by atoms with Crippen LogP contribution in [0.4, 0.5) is 20.2 Å². The summed E-state index contributed by atoms with van der Waals surface area (Å²) in [6, 6.07) is 10.0. The second-order valence-electron chi connectivity index (χ2n) is 6.22. The van der Waals surface area contributed by atoms with Crippen molar-refractivity contribution < 1.29 is 8.78 Å². The monoisotopic (exact) mass is 327 g/mol. The zero-order chi connectivity index (χ0) is 16.7. The van der Waals surface area contributed by atoms with Crippen molar-refractivity contribution in [2.24, 2.45) is 7.05 Å². The van der Waals surface area contributed by atoms with Gasteiger partial charge >= 0.3 is 0 Å². The summed E-state index contributed by atoms with van der Waals surface area (Å²) in [4.78, 5) is 0. The molecule has 1 aliphatic heterocycles. The molecule has 0 unspecified atom stereocenters. The Balaban J connectivity index is 1.75. The number of benzene rings is 2. The molecule has 2 aromatic carbocycles. The van der Waals surface area contributed by atoms with Crippen LogP contribution in [0.3, 0.4) is 0 Å². The van der Waals surface area contributed by atoms with Crippen LogP contribution in [0, 0.1) is 11.6 Å². The van der Waals surface area contributed by atoms with Crippen molar-refractivity contribution in [2.45, 2.75) is 12.8 Å². The number of nitrogens with zero attached hydrogens (tertiary/aromatic N) is 1. The molecule has 5 heteroatoms. The van der Waals surface area contributed by atoms with Crippen molar-refractivity contribution in [3.63, 3.8) is 0 Å². The molecule has 0 saturated heterocycles. The average molecular weight is 327 g/mol. The molecule has 0 amide bonds. The van der Waals surface area contributed by atoms with Gasteiger partial charge in [-0.15, -0.1) is 0 Å². The molecule has 3 aromatic rings. The minimum absolute atomic E-state index is 0.539. The molecule has 0 radical (unpaired) electrons. The summed E-state index contributed by atoms with van der Waals surface area (Å²) >= 11 is 0. The first-order valence-electron chi connectivity index (χ1n) is 8.16. The molecule has 24 heavy (non-hydrogen) atoms. The quantitative estimate of drug-likeness (QED) is 0.748. The summed E-state index contributed by atoms with van der Waals surface area (Å²) in [6.07, 6.45) is 2.02. The van der Waals surface area contributed by atoms with Crippen LogP contribution in [-0.2, 0) is 19.9 Å². The third kappa shape index (κ3) is 2.55. The number of nitrogens with one attached hydrogen (secondary N) is 2. The molecule has 4 rings (SSSR count). The van der Waals surface area contributed by atoms with Gasteiger partial charge in [0.2, 0.25) is 0 Å². The number of hydrogen-bond donors (Lipinski definition) is 2. The van der Waals surface area contributed by atoms with E-state index in [0.29, 0.717) is 5.69 Å². The van der Waals surface area contributed by atoms with Gasteiger partial charge in [-0.2, -0.15) is 0 Å². The van der Waals surface area contributed by atoms with Gasteiger partial charge in [-0.3, -0.25) is 0 Å². The lowest BCUT2D eigenvalue weighted by Crippen LogP contribution is -2.16. The van der Waals surface area contributed by atoms with E-state index >= 15 is 0 Å². The highest BCUT2D eigenvalue weighted by molar-refractivity contribution is 5.89. The Kier molecular flexibility index (Phi) is 3.73. The first-order chi connectivity index (χ1) is 11.6. The molecule has 2 heterocycles. The van der Waals surface area contributed by atoms with Crippen LogP contribution in [-0.4, -0.2) is 17.7 Å². The van der Waals surface area contributed by atoms with Crippen molar-refractivity contribution in [1.29, 1.82) is 0 Å². The molecule has 2 N–H and O–H groups in total. The highest BCUT2D eigenvalue weighted by atomic mass is 19.2. The van der Waals surface area contributed by atoms with Gasteiger partial charge in [-0.1, -0.05) is 0 Å². The van der Waals surface area contributed by atoms with E-state index in [2.05, 4.69) is 34.4 Å². The van der Waals surface area contributed by atoms with E-state index in [1.165, 1.54) is 34.3 Å². The molecule has 0 atom stereocenters. The van der Waals surface area contributed by atoms with Crippen LogP contribution >= 0.6 is 0 Å². The Morgan fingerprint density at radius 2 is 1.71 bits per heavy atom. The van der Waals surface area contributed by atoms with Crippen LogP contribution in [0.15, 0.2) is 36.4 Å². The third-order valence-electron chi connectivity index (χ3n) is 4.73. The number of rotatable bonds is 2. The number of aryl methyl sites for hydroxylation is 1. The maximum atomic E-state index is 13.4. The normalized spacial score (nSPS) is 14.5. The molecule has 3 nitrogen and oxygen atoms in total. The minimum Gasteiger partial charge on any atom is -0.355 e. The van der Waals surface area contributed by atoms with Crippen LogP contribution in [0.5, 0.6) is 0 Å². The number of halogens is 2. The highest BCUT2D eigenvalue weighted by Gasteiger charge is 2.17. The maximum absolute atomic E-state index is 13.4. The number of anilines is 2. The second-order valence-corrected chi connectivity index (χ2v) is 6.22. The molecule has 0 spiro atoms. The Labute approximate surface area is 139 Å². The molecule has 0 fully saturated rings. The maximum Gasteiger partial charge on any atom is 0.160 e. The molecule has 0 aliphatic carbocycles. The van der Waals surface area contributed by atoms with Gasteiger partial charge < -0.3 is 15.2 Å². The van der Waals surface area contributed by atoms with Crippen molar-refractivity contribution in [3.8, 4) is 0 Å². The van der Waals surface area contributed by atoms with E-state index in [0.717, 1.165) is 37.7 Å². The van der Waals surface area contributed by atoms with Crippen molar-refractivity contribution in [1.82, 2.24) is 9.88 Å². The van der Waals surface area contributed by atoms with Gasteiger partial charge in [0, 0.05) is 54.1 Å². The Bertz CT molecular complexity index is 915. The molecule has 0 saturated carbocycles.